The Morgan fingerprint density at radius 2 is 2.06 bits per heavy atom. The summed E-state index contributed by atoms with van der Waals surface area (Å²) in [7, 11) is 1.85. The number of nitrogens with one attached hydrogen (secondary N) is 1. The highest BCUT2D eigenvalue weighted by Gasteiger charge is 2.08. The number of amides is 1. The van der Waals surface area contributed by atoms with Crippen LogP contribution in [-0.2, 0) is 4.79 Å². The van der Waals surface area contributed by atoms with E-state index in [2.05, 4.69) is 12.2 Å². The summed E-state index contributed by atoms with van der Waals surface area (Å²) in [6, 6.07) is 3.30. The van der Waals surface area contributed by atoms with Crippen LogP contribution in [-0.4, -0.2) is 30.9 Å². The number of carbonyl (C=O) groups is 1. The minimum absolute atomic E-state index is 0.235. The Morgan fingerprint density at radius 3 is 2.67 bits per heavy atom. The molecule has 18 heavy (non-hydrogen) atoms. The van der Waals surface area contributed by atoms with Gasteiger partial charge in [0.05, 0.1) is 6.54 Å². The average Bonchev–Trinajstić information content (AvgIpc) is 2.31. The van der Waals surface area contributed by atoms with Crippen LogP contribution in [0.4, 0.5) is 14.5 Å². The number of carbonyl (C=O) groups excluding carboxylic acids is 1. The third-order valence-electron chi connectivity index (χ3n) is 2.51. The normalized spacial score (nSPS) is 10.7. The van der Waals surface area contributed by atoms with Gasteiger partial charge < -0.3 is 5.32 Å². The summed E-state index contributed by atoms with van der Waals surface area (Å²) in [4.78, 5) is 13.5. The zero-order valence-corrected chi connectivity index (χ0v) is 10.7. The predicted molar refractivity (Wildman–Crippen MR) is 67.4 cm³/mol. The largest absolute Gasteiger partial charge is 0.325 e. The number of likely N-dealkylation sites (N-methyl/N-ethyl adjacent to an activating group) is 1. The highest BCUT2D eigenvalue weighted by atomic mass is 19.2. The molecule has 0 fully saturated rings. The van der Waals surface area contributed by atoms with Gasteiger partial charge in [-0.2, -0.15) is 0 Å². The van der Waals surface area contributed by atoms with Crippen LogP contribution in [0, 0.1) is 11.6 Å². The Bertz CT molecular complexity index is 410. The lowest BCUT2D eigenvalue weighted by Gasteiger charge is -2.15. The van der Waals surface area contributed by atoms with Crippen molar-refractivity contribution in [1.82, 2.24) is 4.90 Å². The van der Waals surface area contributed by atoms with Crippen molar-refractivity contribution < 1.29 is 13.6 Å². The van der Waals surface area contributed by atoms with Crippen molar-refractivity contribution in [2.24, 2.45) is 0 Å². The molecule has 0 heterocycles. The number of unbranched alkanes of at least 4 members (excludes halogenated alkanes) is 1. The third kappa shape index (κ3) is 4.79. The van der Waals surface area contributed by atoms with E-state index in [0.29, 0.717) is 0 Å². The number of nitrogens with zero attached hydrogens (tertiary/aromatic N) is 1. The smallest absolute Gasteiger partial charge is 0.238 e. The molecule has 0 spiro atoms. The van der Waals surface area contributed by atoms with E-state index < -0.39 is 11.6 Å². The molecular formula is C13H18F2N2O. The maximum absolute atomic E-state index is 12.9. The second-order valence-corrected chi connectivity index (χ2v) is 4.27. The second kappa shape index (κ2) is 7.06. The molecule has 3 nitrogen and oxygen atoms in total. The van der Waals surface area contributed by atoms with Crippen LogP contribution in [0.15, 0.2) is 18.2 Å². The van der Waals surface area contributed by atoms with Crippen LogP contribution in [0.25, 0.3) is 0 Å². The van der Waals surface area contributed by atoms with Gasteiger partial charge in [0.2, 0.25) is 5.91 Å². The summed E-state index contributed by atoms with van der Waals surface area (Å²) < 4.78 is 25.6. The minimum atomic E-state index is -0.966. The first kappa shape index (κ1) is 14.6. The molecule has 5 heteroatoms. The quantitative estimate of drug-likeness (QED) is 0.848. The van der Waals surface area contributed by atoms with Crippen molar-refractivity contribution in [2.75, 3.05) is 25.5 Å². The average molecular weight is 256 g/mol. The maximum atomic E-state index is 12.9. The van der Waals surface area contributed by atoms with Crippen molar-refractivity contribution in [2.45, 2.75) is 19.8 Å². The fraction of sp³-hybridized carbons (Fsp3) is 0.462. The molecular weight excluding hydrogens is 238 g/mol. The van der Waals surface area contributed by atoms with Gasteiger partial charge in [0.1, 0.15) is 0 Å². The molecule has 0 aliphatic rings. The molecule has 1 amide bonds. The molecule has 0 saturated carbocycles. The molecule has 0 radical (unpaired) electrons. The van der Waals surface area contributed by atoms with Gasteiger partial charge >= 0.3 is 0 Å². The molecule has 0 atom stereocenters. The van der Waals surface area contributed by atoms with E-state index in [0.717, 1.165) is 31.5 Å². The van der Waals surface area contributed by atoms with E-state index in [-0.39, 0.29) is 18.1 Å². The van der Waals surface area contributed by atoms with Crippen LogP contribution >= 0.6 is 0 Å². The number of anilines is 1. The lowest BCUT2D eigenvalue weighted by Crippen LogP contribution is -2.30. The van der Waals surface area contributed by atoms with Gasteiger partial charge in [0.15, 0.2) is 11.6 Å². The summed E-state index contributed by atoms with van der Waals surface area (Å²) in [6.07, 6.45) is 2.09. The number of rotatable bonds is 6. The lowest BCUT2D eigenvalue weighted by atomic mass is 10.3. The molecule has 1 aromatic carbocycles. The van der Waals surface area contributed by atoms with Gasteiger partial charge in [-0.05, 0) is 32.1 Å². The van der Waals surface area contributed by atoms with Crippen molar-refractivity contribution in [3.8, 4) is 0 Å². The molecule has 1 rings (SSSR count). The SMILES string of the molecule is CCCCN(C)CC(=O)Nc1ccc(F)c(F)c1. The zero-order chi connectivity index (χ0) is 13.5. The van der Waals surface area contributed by atoms with Crippen LogP contribution < -0.4 is 5.32 Å². The molecule has 0 aromatic heterocycles. The first-order valence-corrected chi connectivity index (χ1v) is 5.96. The lowest BCUT2D eigenvalue weighted by molar-refractivity contribution is -0.117. The van der Waals surface area contributed by atoms with Crippen molar-refractivity contribution in [3.05, 3.63) is 29.8 Å². The Kier molecular flexibility index (Phi) is 5.71. The minimum Gasteiger partial charge on any atom is -0.325 e. The standard InChI is InChI=1S/C13H18F2N2O/c1-3-4-7-17(2)9-13(18)16-10-5-6-11(14)12(15)8-10/h5-6,8H,3-4,7,9H2,1-2H3,(H,16,18). The first-order chi connectivity index (χ1) is 8.52. The Labute approximate surface area is 106 Å². The van der Waals surface area contributed by atoms with Crippen molar-refractivity contribution in [1.29, 1.82) is 0 Å². The zero-order valence-electron chi connectivity index (χ0n) is 10.7. The van der Waals surface area contributed by atoms with E-state index in [1.165, 1.54) is 6.07 Å². The Morgan fingerprint density at radius 1 is 1.33 bits per heavy atom. The predicted octanol–water partition coefficient (Wildman–Crippen LogP) is 2.64. The van der Waals surface area contributed by atoms with E-state index in [9.17, 15) is 13.6 Å². The third-order valence-corrected chi connectivity index (χ3v) is 2.51. The van der Waals surface area contributed by atoms with E-state index in [1.54, 1.807) is 0 Å². The van der Waals surface area contributed by atoms with E-state index >= 15 is 0 Å². The molecule has 1 N–H and O–H groups in total. The summed E-state index contributed by atoms with van der Waals surface area (Å²) in [5.41, 5.74) is 0.266. The maximum Gasteiger partial charge on any atom is 0.238 e. The molecule has 0 bridgehead atoms. The number of benzene rings is 1. The molecule has 0 saturated heterocycles. The fourth-order valence-corrected chi connectivity index (χ4v) is 1.53. The van der Waals surface area contributed by atoms with Gasteiger partial charge in [-0.3, -0.25) is 9.69 Å². The van der Waals surface area contributed by atoms with Gasteiger partial charge in [0, 0.05) is 11.8 Å². The number of hydrogen-bond donors (Lipinski definition) is 1. The second-order valence-electron chi connectivity index (χ2n) is 4.27. The van der Waals surface area contributed by atoms with Crippen molar-refractivity contribution in [3.63, 3.8) is 0 Å². The summed E-state index contributed by atoms with van der Waals surface area (Å²) >= 11 is 0. The first-order valence-electron chi connectivity index (χ1n) is 5.96. The molecule has 1 aromatic rings. The van der Waals surface area contributed by atoms with Crippen LogP contribution in [0.3, 0.4) is 0 Å². The van der Waals surface area contributed by atoms with Gasteiger partial charge in [-0.25, -0.2) is 8.78 Å². The van der Waals surface area contributed by atoms with Crippen molar-refractivity contribution >= 4 is 11.6 Å². The van der Waals surface area contributed by atoms with Gasteiger partial charge in [-0.15, -0.1) is 0 Å². The van der Waals surface area contributed by atoms with E-state index in [4.69, 9.17) is 0 Å². The Hall–Kier alpha value is -1.49. The topological polar surface area (TPSA) is 32.3 Å². The molecule has 0 aliphatic carbocycles. The highest BCUT2D eigenvalue weighted by molar-refractivity contribution is 5.92. The summed E-state index contributed by atoms with van der Waals surface area (Å²) in [5, 5.41) is 2.53. The fourth-order valence-electron chi connectivity index (χ4n) is 1.53. The van der Waals surface area contributed by atoms with Crippen LogP contribution in [0.5, 0.6) is 0 Å². The number of halogens is 2. The van der Waals surface area contributed by atoms with Crippen LogP contribution in [0.2, 0.25) is 0 Å². The molecule has 0 unspecified atom stereocenters. The monoisotopic (exact) mass is 256 g/mol. The highest BCUT2D eigenvalue weighted by Crippen LogP contribution is 2.12. The van der Waals surface area contributed by atoms with E-state index in [1.807, 2.05) is 11.9 Å². The molecule has 0 aliphatic heterocycles. The van der Waals surface area contributed by atoms with Gasteiger partial charge in [0.25, 0.3) is 0 Å². The number of hydrogen-bond acceptors (Lipinski definition) is 2. The Balaban J connectivity index is 2.46. The van der Waals surface area contributed by atoms with Gasteiger partial charge in [-0.1, -0.05) is 13.3 Å². The summed E-state index contributed by atoms with van der Waals surface area (Å²) in [6.45, 7) is 3.15. The molecule has 100 valence electrons. The van der Waals surface area contributed by atoms with Crippen LogP contribution in [0.1, 0.15) is 19.8 Å². The summed E-state index contributed by atoms with van der Waals surface area (Å²) in [5.74, 6) is -2.13.